The van der Waals surface area contributed by atoms with E-state index in [0.717, 1.165) is 6.42 Å². The highest BCUT2D eigenvalue weighted by atomic mass is 35.5. The molecule has 1 amide bonds. The van der Waals surface area contributed by atoms with Gasteiger partial charge in [-0.3, -0.25) is 9.78 Å². The van der Waals surface area contributed by atoms with Crippen LogP contribution in [0.5, 0.6) is 0 Å². The number of nitrogens with zero attached hydrogens (tertiary/aromatic N) is 2. The zero-order valence-corrected chi connectivity index (χ0v) is 11.3. The summed E-state index contributed by atoms with van der Waals surface area (Å²) in [5.41, 5.74) is 0.188. The molecule has 102 valence electrons. The molecule has 0 spiro atoms. The summed E-state index contributed by atoms with van der Waals surface area (Å²) in [7, 11) is 0. The number of amides is 1. The Morgan fingerprint density at radius 2 is 2.26 bits per heavy atom. The minimum Gasteiger partial charge on any atom is -0.480 e. The molecule has 0 aliphatic carbocycles. The molecule has 2 unspecified atom stereocenters. The van der Waals surface area contributed by atoms with Crippen LogP contribution in [0.4, 0.5) is 0 Å². The lowest BCUT2D eigenvalue weighted by Crippen LogP contribution is -2.50. The zero-order chi connectivity index (χ0) is 14.0. The summed E-state index contributed by atoms with van der Waals surface area (Å²) in [4.78, 5) is 28.9. The van der Waals surface area contributed by atoms with Gasteiger partial charge in [-0.25, -0.2) is 4.79 Å². The van der Waals surface area contributed by atoms with Crippen LogP contribution in [0, 0.1) is 5.92 Å². The van der Waals surface area contributed by atoms with Gasteiger partial charge >= 0.3 is 5.97 Å². The highest BCUT2D eigenvalue weighted by molar-refractivity contribution is 6.30. The molecule has 6 heteroatoms. The number of carboxylic acids is 1. The third kappa shape index (κ3) is 3.04. The third-order valence-electron chi connectivity index (χ3n) is 3.35. The topological polar surface area (TPSA) is 70.5 Å². The van der Waals surface area contributed by atoms with Crippen molar-refractivity contribution >= 4 is 23.5 Å². The number of likely N-dealkylation sites (tertiary alicyclic amines) is 1. The van der Waals surface area contributed by atoms with E-state index in [9.17, 15) is 14.7 Å². The molecule has 1 fully saturated rings. The maximum Gasteiger partial charge on any atom is 0.326 e. The van der Waals surface area contributed by atoms with Crippen molar-refractivity contribution < 1.29 is 14.7 Å². The number of carbonyl (C=O) groups excluding carboxylic acids is 1. The number of carboxylic acid groups (broad SMARTS) is 1. The molecule has 19 heavy (non-hydrogen) atoms. The molecule has 0 bridgehead atoms. The lowest BCUT2D eigenvalue weighted by Gasteiger charge is -2.35. The first-order valence-electron chi connectivity index (χ1n) is 6.14. The SMILES string of the molecule is CC1CCN(C(=O)c2cc(Cl)ccn2)C(C(=O)O)C1. The van der Waals surface area contributed by atoms with Gasteiger partial charge in [0.1, 0.15) is 11.7 Å². The first-order valence-corrected chi connectivity index (χ1v) is 6.52. The molecular weight excluding hydrogens is 268 g/mol. The molecule has 2 heterocycles. The fraction of sp³-hybridized carbons (Fsp3) is 0.462. The Kier molecular flexibility index (Phi) is 4.04. The molecule has 1 N–H and O–H groups in total. The summed E-state index contributed by atoms with van der Waals surface area (Å²) in [6, 6.07) is 2.25. The Morgan fingerprint density at radius 1 is 1.53 bits per heavy atom. The second kappa shape index (κ2) is 5.57. The Labute approximate surface area is 116 Å². The van der Waals surface area contributed by atoms with Gasteiger partial charge in [0, 0.05) is 17.8 Å². The Morgan fingerprint density at radius 3 is 2.89 bits per heavy atom. The van der Waals surface area contributed by atoms with E-state index in [0.29, 0.717) is 23.9 Å². The fourth-order valence-corrected chi connectivity index (χ4v) is 2.45. The van der Waals surface area contributed by atoms with Crippen molar-refractivity contribution in [3.05, 3.63) is 29.0 Å². The molecule has 0 aromatic carbocycles. The highest BCUT2D eigenvalue weighted by Gasteiger charge is 2.35. The van der Waals surface area contributed by atoms with Crippen LogP contribution in [0.15, 0.2) is 18.3 Å². The van der Waals surface area contributed by atoms with Gasteiger partial charge in [-0.2, -0.15) is 0 Å². The normalized spacial score (nSPS) is 23.2. The molecule has 1 aliphatic rings. The van der Waals surface area contributed by atoms with Crippen molar-refractivity contribution in [2.45, 2.75) is 25.8 Å². The summed E-state index contributed by atoms with van der Waals surface area (Å²) in [6.07, 6.45) is 2.72. The number of hydrogen-bond acceptors (Lipinski definition) is 3. The number of aromatic nitrogens is 1. The van der Waals surface area contributed by atoms with Crippen molar-refractivity contribution in [1.29, 1.82) is 0 Å². The highest BCUT2D eigenvalue weighted by Crippen LogP contribution is 2.24. The van der Waals surface area contributed by atoms with Crippen molar-refractivity contribution in [2.75, 3.05) is 6.54 Å². The minimum atomic E-state index is -0.970. The molecule has 1 aromatic heterocycles. The zero-order valence-electron chi connectivity index (χ0n) is 10.5. The Bertz CT molecular complexity index is 506. The quantitative estimate of drug-likeness (QED) is 0.901. The average molecular weight is 283 g/mol. The predicted molar refractivity (Wildman–Crippen MR) is 70.1 cm³/mol. The molecule has 0 saturated carbocycles. The van der Waals surface area contributed by atoms with Gasteiger partial charge < -0.3 is 10.0 Å². The van der Waals surface area contributed by atoms with Gasteiger partial charge in [0.15, 0.2) is 0 Å². The van der Waals surface area contributed by atoms with E-state index < -0.39 is 12.0 Å². The monoisotopic (exact) mass is 282 g/mol. The third-order valence-corrected chi connectivity index (χ3v) is 3.59. The van der Waals surface area contributed by atoms with Gasteiger partial charge in [-0.05, 0) is 30.9 Å². The van der Waals surface area contributed by atoms with Crippen LogP contribution >= 0.6 is 11.6 Å². The maximum absolute atomic E-state index is 12.3. The van der Waals surface area contributed by atoms with Crippen molar-refractivity contribution in [1.82, 2.24) is 9.88 Å². The second-order valence-electron chi connectivity index (χ2n) is 4.84. The number of aliphatic carboxylic acids is 1. The van der Waals surface area contributed by atoms with E-state index in [1.54, 1.807) is 6.07 Å². The fourth-order valence-electron chi connectivity index (χ4n) is 2.29. The van der Waals surface area contributed by atoms with E-state index in [4.69, 9.17) is 11.6 Å². The van der Waals surface area contributed by atoms with Crippen molar-refractivity contribution in [3.63, 3.8) is 0 Å². The molecule has 1 aromatic rings. The van der Waals surface area contributed by atoms with E-state index >= 15 is 0 Å². The van der Waals surface area contributed by atoms with Crippen LogP contribution in [0.25, 0.3) is 0 Å². The smallest absolute Gasteiger partial charge is 0.326 e. The van der Waals surface area contributed by atoms with E-state index in [1.165, 1.54) is 17.2 Å². The predicted octanol–water partition coefficient (Wildman–Crippen LogP) is 2.06. The van der Waals surface area contributed by atoms with Crippen molar-refractivity contribution in [3.8, 4) is 0 Å². The molecule has 0 radical (unpaired) electrons. The molecule has 1 saturated heterocycles. The number of rotatable bonds is 2. The number of carbonyl (C=O) groups is 2. The molecule has 1 aliphatic heterocycles. The van der Waals surface area contributed by atoms with Gasteiger partial charge in [0.05, 0.1) is 0 Å². The van der Waals surface area contributed by atoms with Crippen molar-refractivity contribution in [2.24, 2.45) is 5.92 Å². The minimum absolute atomic E-state index is 0.188. The number of halogens is 1. The van der Waals surface area contributed by atoms with E-state index in [-0.39, 0.29) is 11.6 Å². The Hall–Kier alpha value is -1.62. The summed E-state index contributed by atoms with van der Waals surface area (Å²) in [5, 5.41) is 9.65. The summed E-state index contributed by atoms with van der Waals surface area (Å²) in [6.45, 7) is 2.43. The lowest BCUT2D eigenvalue weighted by molar-refractivity contribution is -0.144. The summed E-state index contributed by atoms with van der Waals surface area (Å²) >= 11 is 5.82. The lowest BCUT2D eigenvalue weighted by atomic mass is 9.92. The summed E-state index contributed by atoms with van der Waals surface area (Å²) in [5.74, 6) is -1.04. The van der Waals surface area contributed by atoms with Crippen LogP contribution in [0.1, 0.15) is 30.3 Å². The molecular formula is C13H15ClN2O3. The number of pyridine rings is 1. The summed E-state index contributed by atoms with van der Waals surface area (Å²) < 4.78 is 0. The number of hydrogen-bond donors (Lipinski definition) is 1. The van der Waals surface area contributed by atoms with Crippen LogP contribution in [-0.2, 0) is 4.79 Å². The van der Waals surface area contributed by atoms with Gasteiger partial charge in [0.25, 0.3) is 5.91 Å². The largest absolute Gasteiger partial charge is 0.480 e. The second-order valence-corrected chi connectivity index (χ2v) is 5.28. The first kappa shape index (κ1) is 13.8. The maximum atomic E-state index is 12.3. The first-order chi connectivity index (χ1) is 8.99. The van der Waals surface area contributed by atoms with Crippen LogP contribution in [-0.4, -0.2) is 39.5 Å². The van der Waals surface area contributed by atoms with Crippen LogP contribution in [0.2, 0.25) is 5.02 Å². The molecule has 2 rings (SSSR count). The number of piperidine rings is 1. The van der Waals surface area contributed by atoms with Gasteiger partial charge in [-0.15, -0.1) is 0 Å². The average Bonchev–Trinajstić information content (AvgIpc) is 2.37. The van der Waals surface area contributed by atoms with Gasteiger partial charge in [-0.1, -0.05) is 18.5 Å². The molecule has 5 nitrogen and oxygen atoms in total. The van der Waals surface area contributed by atoms with Gasteiger partial charge in [0.2, 0.25) is 0 Å². The van der Waals surface area contributed by atoms with Crippen LogP contribution < -0.4 is 0 Å². The van der Waals surface area contributed by atoms with Crippen LogP contribution in [0.3, 0.4) is 0 Å². The van der Waals surface area contributed by atoms with E-state index in [1.807, 2.05) is 6.92 Å². The van der Waals surface area contributed by atoms with E-state index in [2.05, 4.69) is 4.98 Å². The molecule has 2 atom stereocenters. The standard InChI is InChI=1S/C13H15ClN2O3/c1-8-3-5-16(11(6-8)13(18)19)12(17)10-7-9(14)2-4-15-10/h2,4,7-8,11H,3,5-6H2,1H3,(H,18,19). The Balaban J connectivity index is 2.24.